The van der Waals surface area contributed by atoms with Crippen LogP contribution in [0, 0.1) is 0 Å². The van der Waals surface area contributed by atoms with Crippen molar-refractivity contribution in [2.24, 2.45) is 0 Å². The standard InChI is InChI=1S/C22H25ClO3/c1-5-6-19(20(24)16-11-13-18(23)14-12-16)15-7-9-17(10-8-15)21(25)26-22(2,3)4/h7-14,19H,5-6H2,1-4H3/t19-/m1/s1. The molecular formula is C22H25ClO3. The Kier molecular flexibility index (Phi) is 6.60. The smallest absolute Gasteiger partial charge is 0.338 e. The van der Waals surface area contributed by atoms with Gasteiger partial charge in [-0.25, -0.2) is 4.79 Å². The average Bonchev–Trinajstić information content (AvgIpc) is 2.58. The van der Waals surface area contributed by atoms with E-state index in [0.29, 0.717) is 16.1 Å². The van der Waals surface area contributed by atoms with Crippen molar-refractivity contribution in [1.82, 2.24) is 0 Å². The molecule has 2 aromatic carbocycles. The molecule has 138 valence electrons. The molecule has 2 aromatic rings. The topological polar surface area (TPSA) is 43.4 Å². The third-order valence-corrected chi connectivity index (χ3v) is 4.22. The van der Waals surface area contributed by atoms with Gasteiger partial charge in [-0.3, -0.25) is 4.79 Å². The average molecular weight is 373 g/mol. The summed E-state index contributed by atoms with van der Waals surface area (Å²) in [6.45, 7) is 7.56. The van der Waals surface area contributed by atoms with Crippen LogP contribution < -0.4 is 0 Å². The van der Waals surface area contributed by atoms with Gasteiger partial charge in [-0.05, 0) is 69.2 Å². The van der Waals surface area contributed by atoms with Gasteiger partial charge in [0.25, 0.3) is 0 Å². The summed E-state index contributed by atoms with van der Waals surface area (Å²) in [5, 5.41) is 0.607. The Hall–Kier alpha value is -2.13. The molecule has 0 amide bonds. The van der Waals surface area contributed by atoms with Gasteiger partial charge in [-0.2, -0.15) is 0 Å². The van der Waals surface area contributed by atoms with Crippen LogP contribution in [0.4, 0.5) is 0 Å². The first-order chi connectivity index (χ1) is 12.2. The van der Waals surface area contributed by atoms with Crippen LogP contribution in [0.25, 0.3) is 0 Å². The highest BCUT2D eigenvalue weighted by molar-refractivity contribution is 6.30. The molecule has 0 fully saturated rings. The van der Waals surface area contributed by atoms with E-state index in [9.17, 15) is 9.59 Å². The normalized spacial score (nSPS) is 12.5. The molecule has 0 aliphatic rings. The second kappa shape index (κ2) is 8.50. The quantitative estimate of drug-likeness (QED) is 0.457. The molecule has 0 aromatic heterocycles. The van der Waals surface area contributed by atoms with E-state index in [1.54, 1.807) is 36.4 Å². The van der Waals surface area contributed by atoms with E-state index in [1.165, 1.54) is 0 Å². The fraction of sp³-hybridized carbons (Fsp3) is 0.364. The molecule has 2 rings (SSSR count). The van der Waals surface area contributed by atoms with Crippen LogP contribution in [-0.2, 0) is 4.74 Å². The molecule has 0 radical (unpaired) electrons. The van der Waals surface area contributed by atoms with Crippen molar-refractivity contribution in [1.29, 1.82) is 0 Å². The minimum Gasteiger partial charge on any atom is -0.456 e. The highest BCUT2D eigenvalue weighted by atomic mass is 35.5. The molecule has 26 heavy (non-hydrogen) atoms. The summed E-state index contributed by atoms with van der Waals surface area (Å²) in [6.07, 6.45) is 1.63. The first-order valence-electron chi connectivity index (χ1n) is 8.84. The monoisotopic (exact) mass is 372 g/mol. The molecule has 0 aliphatic carbocycles. The lowest BCUT2D eigenvalue weighted by Crippen LogP contribution is -2.23. The Morgan fingerprint density at radius 2 is 1.50 bits per heavy atom. The molecule has 0 saturated carbocycles. The number of esters is 1. The number of benzene rings is 2. The number of halogens is 1. The van der Waals surface area contributed by atoms with Gasteiger partial charge in [0, 0.05) is 16.5 Å². The Morgan fingerprint density at radius 3 is 2.00 bits per heavy atom. The maximum absolute atomic E-state index is 12.9. The first-order valence-corrected chi connectivity index (χ1v) is 9.22. The largest absolute Gasteiger partial charge is 0.456 e. The fourth-order valence-electron chi connectivity index (χ4n) is 2.74. The number of ether oxygens (including phenoxy) is 1. The molecular weight excluding hydrogens is 348 g/mol. The first kappa shape index (κ1) is 20.2. The lowest BCUT2D eigenvalue weighted by Gasteiger charge is -2.20. The predicted octanol–water partition coefficient (Wildman–Crippen LogP) is 6.06. The number of hydrogen-bond donors (Lipinski definition) is 0. The summed E-state index contributed by atoms with van der Waals surface area (Å²) in [5.74, 6) is -0.539. The molecule has 0 aliphatic heterocycles. The van der Waals surface area contributed by atoms with Crippen LogP contribution in [-0.4, -0.2) is 17.4 Å². The van der Waals surface area contributed by atoms with Crippen molar-refractivity contribution in [3.63, 3.8) is 0 Å². The number of hydrogen-bond acceptors (Lipinski definition) is 3. The molecule has 0 N–H and O–H groups in total. The highest BCUT2D eigenvalue weighted by Crippen LogP contribution is 2.27. The van der Waals surface area contributed by atoms with Crippen LogP contribution in [0.2, 0.25) is 5.02 Å². The van der Waals surface area contributed by atoms with Gasteiger partial charge in [-0.15, -0.1) is 0 Å². The lowest BCUT2D eigenvalue weighted by atomic mass is 9.87. The van der Waals surface area contributed by atoms with Crippen LogP contribution >= 0.6 is 11.6 Å². The Morgan fingerprint density at radius 1 is 0.962 bits per heavy atom. The molecule has 0 bridgehead atoms. The summed E-state index contributed by atoms with van der Waals surface area (Å²) in [7, 11) is 0. The van der Waals surface area contributed by atoms with Crippen molar-refractivity contribution < 1.29 is 14.3 Å². The third kappa shape index (κ3) is 5.43. The van der Waals surface area contributed by atoms with Gasteiger partial charge in [0.05, 0.1) is 5.56 Å². The molecule has 0 saturated heterocycles. The van der Waals surface area contributed by atoms with E-state index in [2.05, 4.69) is 6.92 Å². The Bertz CT molecular complexity index is 755. The number of carbonyl (C=O) groups excluding carboxylic acids is 2. The summed E-state index contributed by atoms with van der Waals surface area (Å²) in [6, 6.07) is 14.1. The minimum atomic E-state index is -0.537. The summed E-state index contributed by atoms with van der Waals surface area (Å²) in [4.78, 5) is 25.1. The van der Waals surface area contributed by atoms with Crippen LogP contribution in [0.15, 0.2) is 48.5 Å². The zero-order valence-corrected chi connectivity index (χ0v) is 16.5. The number of Topliss-reactive ketones (excluding diaryl/α,β-unsaturated/α-hetero) is 1. The zero-order valence-electron chi connectivity index (χ0n) is 15.7. The van der Waals surface area contributed by atoms with Crippen molar-refractivity contribution in [2.75, 3.05) is 0 Å². The predicted molar refractivity (Wildman–Crippen MR) is 105 cm³/mol. The van der Waals surface area contributed by atoms with E-state index in [4.69, 9.17) is 16.3 Å². The number of carbonyl (C=O) groups is 2. The molecule has 0 unspecified atom stereocenters. The van der Waals surface area contributed by atoms with E-state index in [0.717, 1.165) is 18.4 Å². The van der Waals surface area contributed by atoms with Gasteiger partial charge in [-0.1, -0.05) is 37.1 Å². The Labute approximate surface area is 160 Å². The summed E-state index contributed by atoms with van der Waals surface area (Å²) in [5.41, 5.74) is 1.49. The van der Waals surface area contributed by atoms with Gasteiger partial charge in [0.1, 0.15) is 5.60 Å². The molecule has 1 atom stereocenters. The maximum Gasteiger partial charge on any atom is 0.338 e. The highest BCUT2D eigenvalue weighted by Gasteiger charge is 2.22. The minimum absolute atomic E-state index is 0.0635. The van der Waals surface area contributed by atoms with Gasteiger partial charge in [0.2, 0.25) is 0 Å². The molecule has 3 nitrogen and oxygen atoms in total. The SMILES string of the molecule is CCC[C@@H](C(=O)c1ccc(Cl)cc1)c1ccc(C(=O)OC(C)(C)C)cc1. The lowest BCUT2D eigenvalue weighted by molar-refractivity contribution is 0.00694. The number of rotatable bonds is 6. The summed E-state index contributed by atoms with van der Waals surface area (Å²) < 4.78 is 5.38. The molecule has 0 spiro atoms. The van der Waals surface area contributed by atoms with Gasteiger partial charge in [0.15, 0.2) is 5.78 Å². The second-order valence-electron chi connectivity index (χ2n) is 7.34. The van der Waals surface area contributed by atoms with E-state index in [1.807, 2.05) is 32.9 Å². The van der Waals surface area contributed by atoms with E-state index in [-0.39, 0.29) is 17.7 Å². The molecule has 0 heterocycles. The van der Waals surface area contributed by atoms with Crippen molar-refractivity contribution in [2.45, 2.75) is 52.1 Å². The van der Waals surface area contributed by atoms with Crippen LogP contribution in [0.3, 0.4) is 0 Å². The van der Waals surface area contributed by atoms with Crippen molar-refractivity contribution >= 4 is 23.4 Å². The van der Waals surface area contributed by atoms with Gasteiger partial charge >= 0.3 is 5.97 Å². The zero-order chi connectivity index (χ0) is 19.3. The second-order valence-corrected chi connectivity index (χ2v) is 7.77. The van der Waals surface area contributed by atoms with E-state index >= 15 is 0 Å². The van der Waals surface area contributed by atoms with Crippen molar-refractivity contribution in [3.05, 3.63) is 70.2 Å². The summed E-state index contributed by atoms with van der Waals surface area (Å²) >= 11 is 5.91. The number of ketones is 1. The Balaban J connectivity index is 2.23. The van der Waals surface area contributed by atoms with Crippen LogP contribution in [0.1, 0.15) is 72.7 Å². The maximum atomic E-state index is 12.9. The van der Waals surface area contributed by atoms with E-state index < -0.39 is 5.60 Å². The van der Waals surface area contributed by atoms with Crippen LogP contribution in [0.5, 0.6) is 0 Å². The fourth-order valence-corrected chi connectivity index (χ4v) is 2.87. The third-order valence-electron chi connectivity index (χ3n) is 3.97. The van der Waals surface area contributed by atoms with Gasteiger partial charge < -0.3 is 4.74 Å². The van der Waals surface area contributed by atoms with Crippen molar-refractivity contribution in [3.8, 4) is 0 Å². The molecule has 4 heteroatoms.